The van der Waals surface area contributed by atoms with Gasteiger partial charge in [-0.2, -0.15) is 0 Å². The Balaban J connectivity index is 0.00000304. The van der Waals surface area contributed by atoms with Gasteiger partial charge in [-0.15, -0.1) is 23.7 Å². The molecule has 0 bridgehead atoms. The Hall–Kier alpha value is -2.98. The fourth-order valence-electron chi connectivity index (χ4n) is 4.67. The van der Waals surface area contributed by atoms with Gasteiger partial charge in [0.2, 0.25) is 0 Å². The number of halogens is 1. The molecule has 4 heterocycles. The van der Waals surface area contributed by atoms with Gasteiger partial charge >= 0.3 is 0 Å². The number of nitrogens with one attached hydrogen (secondary N) is 2. The van der Waals surface area contributed by atoms with Crippen LogP contribution in [0.15, 0.2) is 63.2 Å². The maximum absolute atomic E-state index is 12.8. The van der Waals surface area contributed by atoms with Gasteiger partial charge in [-0.3, -0.25) is 9.59 Å². The van der Waals surface area contributed by atoms with Gasteiger partial charge < -0.3 is 24.6 Å². The van der Waals surface area contributed by atoms with E-state index in [1.165, 1.54) is 6.07 Å². The Labute approximate surface area is 219 Å². The summed E-state index contributed by atoms with van der Waals surface area (Å²) in [5.41, 5.74) is 1.99. The lowest BCUT2D eigenvalue weighted by Gasteiger charge is -2.32. The average molecular weight is 528 g/mol. The van der Waals surface area contributed by atoms with Crippen molar-refractivity contribution >= 4 is 40.6 Å². The van der Waals surface area contributed by atoms with E-state index in [9.17, 15) is 9.59 Å². The third-order valence-electron chi connectivity index (χ3n) is 6.61. The number of nitrogens with zero attached hydrogens (tertiary/aromatic N) is 3. The molecule has 4 aromatic rings. The Morgan fingerprint density at radius 3 is 2.69 bits per heavy atom. The molecular weight excluding hydrogens is 498 g/mol. The van der Waals surface area contributed by atoms with Crippen LogP contribution in [0.4, 0.5) is 0 Å². The summed E-state index contributed by atoms with van der Waals surface area (Å²) in [4.78, 5) is 28.6. The van der Waals surface area contributed by atoms with Crippen molar-refractivity contribution in [2.75, 3.05) is 26.7 Å². The standard InChI is InChI=1S/C26H29N5O3S.ClH/c1-27-26(33)21-16-25(32)31(22-6-3-2-5-20(21)22)13-12-30-10-8-18(9-11-30)28-17-19-15-23(34-29-19)24-7-4-14-35-24;/h2-7,14-16,18,28H,8-13,17H2,1H3,(H,27,33);1H. The molecule has 3 aromatic heterocycles. The maximum Gasteiger partial charge on any atom is 0.251 e. The summed E-state index contributed by atoms with van der Waals surface area (Å²) in [6, 6.07) is 15.5. The van der Waals surface area contributed by atoms with E-state index in [1.807, 2.05) is 47.8 Å². The average Bonchev–Trinajstić information content (AvgIpc) is 3.59. The van der Waals surface area contributed by atoms with Gasteiger partial charge in [0.1, 0.15) is 0 Å². The Bertz CT molecular complexity index is 1360. The molecule has 1 amide bonds. The van der Waals surface area contributed by atoms with Crippen LogP contribution in [0.2, 0.25) is 0 Å². The summed E-state index contributed by atoms with van der Waals surface area (Å²) in [6.07, 6.45) is 2.09. The van der Waals surface area contributed by atoms with Crippen molar-refractivity contribution in [3.8, 4) is 10.6 Å². The number of amides is 1. The maximum atomic E-state index is 12.8. The van der Waals surface area contributed by atoms with Crippen LogP contribution in [-0.4, -0.2) is 53.3 Å². The molecule has 0 unspecified atom stereocenters. The third kappa shape index (κ3) is 5.70. The molecule has 36 heavy (non-hydrogen) atoms. The predicted molar refractivity (Wildman–Crippen MR) is 145 cm³/mol. The summed E-state index contributed by atoms with van der Waals surface area (Å²) >= 11 is 1.64. The van der Waals surface area contributed by atoms with Crippen molar-refractivity contribution in [3.05, 3.63) is 75.5 Å². The van der Waals surface area contributed by atoms with Crippen LogP contribution >= 0.6 is 23.7 Å². The summed E-state index contributed by atoms with van der Waals surface area (Å²) in [5.74, 6) is 0.575. The second kappa shape index (κ2) is 11.8. The first kappa shape index (κ1) is 26.1. The van der Waals surface area contributed by atoms with E-state index in [0.29, 0.717) is 24.7 Å². The molecule has 0 spiro atoms. The van der Waals surface area contributed by atoms with Crippen LogP contribution in [0, 0.1) is 0 Å². The van der Waals surface area contributed by atoms with Crippen LogP contribution < -0.4 is 16.2 Å². The molecule has 0 saturated carbocycles. The number of rotatable bonds is 8. The minimum absolute atomic E-state index is 0. The van der Waals surface area contributed by atoms with E-state index in [0.717, 1.165) is 59.7 Å². The number of piperidine rings is 1. The lowest BCUT2D eigenvalue weighted by molar-refractivity contribution is 0.0964. The van der Waals surface area contributed by atoms with E-state index in [4.69, 9.17) is 4.52 Å². The van der Waals surface area contributed by atoms with Gasteiger partial charge in [0, 0.05) is 50.2 Å². The molecule has 10 heteroatoms. The number of pyridine rings is 1. The van der Waals surface area contributed by atoms with Gasteiger partial charge in [-0.05, 0) is 43.4 Å². The molecule has 0 aliphatic carbocycles. The van der Waals surface area contributed by atoms with Crippen molar-refractivity contribution in [2.24, 2.45) is 0 Å². The quantitative estimate of drug-likeness (QED) is 0.362. The topological polar surface area (TPSA) is 92.4 Å². The van der Waals surface area contributed by atoms with Crippen LogP contribution in [0.5, 0.6) is 0 Å². The third-order valence-corrected chi connectivity index (χ3v) is 7.50. The monoisotopic (exact) mass is 527 g/mol. The van der Waals surface area contributed by atoms with Crippen molar-refractivity contribution < 1.29 is 9.32 Å². The van der Waals surface area contributed by atoms with E-state index in [1.54, 1.807) is 23.0 Å². The zero-order chi connectivity index (χ0) is 24.2. The van der Waals surface area contributed by atoms with Gasteiger partial charge in [-0.25, -0.2) is 0 Å². The second-order valence-electron chi connectivity index (χ2n) is 8.80. The van der Waals surface area contributed by atoms with Gasteiger partial charge in [0.25, 0.3) is 11.5 Å². The normalized spacial score (nSPS) is 14.6. The molecule has 1 saturated heterocycles. The first-order valence-corrected chi connectivity index (χ1v) is 12.8. The Morgan fingerprint density at radius 1 is 1.14 bits per heavy atom. The second-order valence-corrected chi connectivity index (χ2v) is 9.75. The summed E-state index contributed by atoms with van der Waals surface area (Å²) in [7, 11) is 1.58. The molecule has 1 aromatic carbocycles. The lowest BCUT2D eigenvalue weighted by Crippen LogP contribution is -2.43. The number of carbonyl (C=O) groups excluding carboxylic acids is 1. The number of hydrogen-bond acceptors (Lipinski definition) is 7. The molecular formula is C26H30ClN5O3S. The molecule has 8 nitrogen and oxygen atoms in total. The zero-order valence-corrected chi connectivity index (χ0v) is 21.7. The lowest BCUT2D eigenvalue weighted by atomic mass is 10.0. The van der Waals surface area contributed by atoms with Crippen LogP contribution in [0.25, 0.3) is 21.5 Å². The number of aromatic nitrogens is 2. The molecule has 2 N–H and O–H groups in total. The molecule has 0 atom stereocenters. The first-order chi connectivity index (χ1) is 17.1. The van der Waals surface area contributed by atoms with Crippen LogP contribution in [-0.2, 0) is 13.1 Å². The fraction of sp³-hybridized carbons (Fsp3) is 0.346. The largest absolute Gasteiger partial charge is 0.355 e. The highest BCUT2D eigenvalue weighted by molar-refractivity contribution is 7.13. The summed E-state index contributed by atoms with van der Waals surface area (Å²) < 4.78 is 7.25. The first-order valence-electron chi connectivity index (χ1n) is 11.9. The molecule has 5 rings (SSSR count). The highest BCUT2D eigenvalue weighted by Gasteiger charge is 2.20. The molecule has 1 fully saturated rings. The van der Waals surface area contributed by atoms with Crippen molar-refractivity contribution in [1.82, 2.24) is 25.3 Å². The number of para-hydroxylation sites is 1. The number of thiophene rings is 1. The summed E-state index contributed by atoms with van der Waals surface area (Å²) in [6.45, 7) is 4.03. The van der Waals surface area contributed by atoms with Gasteiger partial charge in [0.05, 0.1) is 21.7 Å². The number of fused-ring (bicyclic) bond motifs is 1. The predicted octanol–water partition coefficient (Wildman–Crippen LogP) is 3.75. The number of hydrogen-bond donors (Lipinski definition) is 2. The van der Waals surface area contributed by atoms with Crippen LogP contribution in [0.1, 0.15) is 28.9 Å². The van der Waals surface area contributed by atoms with Gasteiger partial charge in [0.15, 0.2) is 5.76 Å². The van der Waals surface area contributed by atoms with E-state index in [-0.39, 0.29) is 23.9 Å². The highest BCUT2D eigenvalue weighted by atomic mass is 35.5. The molecule has 0 radical (unpaired) electrons. The van der Waals surface area contributed by atoms with Crippen LogP contribution in [0.3, 0.4) is 0 Å². The number of likely N-dealkylation sites (tertiary alicyclic amines) is 1. The molecule has 1 aliphatic heterocycles. The minimum atomic E-state index is -0.242. The SMILES string of the molecule is CNC(=O)c1cc(=O)n(CCN2CCC(NCc3cc(-c4cccs4)on3)CC2)c2ccccc12.Cl. The van der Waals surface area contributed by atoms with Crippen molar-refractivity contribution in [1.29, 1.82) is 0 Å². The van der Waals surface area contributed by atoms with Crippen molar-refractivity contribution in [2.45, 2.75) is 32.0 Å². The van der Waals surface area contributed by atoms with Crippen molar-refractivity contribution in [3.63, 3.8) is 0 Å². The van der Waals surface area contributed by atoms with E-state index >= 15 is 0 Å². The minimum Gasteiger partial charge on any atom is -0.355 e. The highest BCUT2D eigenvalue weighted by Crippen LogP contribution is 2.25. The Kier molecular flexibility index (Phi) is 8.58. The fourth-order valence-corrected chi connectivity index (χ4v) is 5.34. The molecule has 1 aliphatic rings. The number of benzene rings is 1. The molecule has 190 valence electrons. The number of carbonyl (C=O) groups is 1. The smallest absolute Gasteiger partial charge is 0.251 e. The zero-order valence-electron chi connectivity index (χ0n) is 20.1. The Morgan fingerprint density at radius 2 is 1.94 bits per heavy atom. The van der Waals surface area contributed by atoms with Gasteiger partial charge in [-0.1, -0.05) is 29.4 Å². The summed E-state index contributed by atoms with van der Waals surface area (Å²) in [5, 5.41) is 13.3. The van der Waals surface area contributed by atoms with E-state index < -0.39 is 0 Å². The van der Waals surface area contributed by atoms with E-state index in [2.05, 4.69) is 20.7 Å².